The Bertz CT molecular complexity index is 223. The van der Waals surface area contributed by atoms with E-state index in [-0.39, 0.29) is 18.8 Å². The van der Waals surface area contributed by atoms with Gasteiger partial charge in [0.2, 0.25) is 0 Å². The fraction of sp³-hybridized carbons (Fsp3) is 0.889. The molecule has 0 radical (unpaired) electrons. The lowest BCUT2D eigenvalue weighted by atomic mass is 10.1. The number of esters is 1. The molecule has 0 fully saturated rings. The molecule has 0 aromatic carbocycles. The molecule has 7 heteroatoms. The van der Waals surface area contributed by atoms with Crippen molar-refractivity contribution in [1.82, 2.24) is 0 Å². The normalized spacial score (nSPS) is 15.6. The first-order valence-electron chi connectivity index (χ1n) is 4.92. The molecule has 0 heterocycles. The Balaban J connectivity index is 4.29. The molecule has 0 spiro atoms. The van der Waals surface area contributed by atoms with Gasteiger partial charge in [0.1, 0.15) is 5.25 Å². The lowest BCUT2D eigenvalue weighted by Crippen LogP contribution is -2.43. The van der Waals surface area contributed by atoms with Gasteiger partial charge in [0.15, 0.2) is 0 Å². The topological polar surface area (TPSA) is 52.3 Å². The lowest BCUT2D eigenvalue weighted by molar-refractivity contribution is -0.140. The molecule has 0 saturated carbocycles. The molecular formula is C9H16F3NO2S. The third kappa shape index (κ3) is 5.60. The van der Waals surface area contributed by atoms with Gasteiger partial charge in [-0.3, -0.25) is 4.79 Å². The molecule has 0 aliphatic rings. The van der Waals surface area contributed by atoms with Crippen molar-refractivity contribution in [3.8, 4) is 0 Å². The average molecular weight is 259 g/mol. The molecule has 0 amide bonds. The number of nitrogens with two attached hydrogens (primary N) is 1. The summed E-state index contributed by atoms with van der Waals surface area (Å²) in [7, 11) is 0. The van der Waals surface area contributed by atoms with Crippen LogP contribution in [0.1, 0.15) is 20.3 Å². The number of carbonyl (C=O) groups excluding carboxylic acids is 1. The van der Waals surface area contributed by atoms with Crippen molar-refractivity contribution in [2.24, 2.45) is 5.73 Å². The van der Waals surface area contributed by atoms with E-state index in [1.54, 1.807) is 13.8 Å². The fourth-order valence-electron chi connectivity index (χ4n) is 1.04. The minimum atomic E-state index is -4.40. The molecule has 3 nitrogen and oxygen atoms in total. The minimum Gasteiger partial charge on any atom is -0.465 e. The zero-order chi connectivity index (χ0) is 12.8. The van der Waals surface area contributed by atoms with Gasteiger partial charge in [-0.25, -0.2) is 0 Å². The van der Waals surface area contributed by atoms with Gasteiger partial charge < -0.3 is 10.5 Å². The van der Waals surface area contributed by atoms with Gasteiger partial charge in [-0.15, -0.1) is 11.8 Å². The molecule has 0 aliphatic heterocycles. The first-order chi connectivity index (χ1) is 7.32. The van der Waals surface area contributed by atoms with E-state index < -0.39 is 23.4 Å². The second-order valence-electron chi connectivity index (χ2n) is 3.15. The smallest absolute Gasteiger partial charge is 0.402 e. The molecule has 0 aromatic heterocycles. The van der Waals surface area contributed by atoms with Crippen LogP contribution >= 0.6 is 11.8 Å². The zero-order valence-corrected chi connectivity index (χ0v) is 10.0. The summed E-state index contributed by atoms with van der Waals surface area (Å²) in [4.78, 5) is 10.9. The predicted octanol–water partition coefficient (Wildman–Crippen LogP) is 1.95. The summed E-state index contributed by atoms with van der Waals surface area (Å²) in [5, 5.41) is -1.72. The summed E-state index contributed by atoms with van der Waals surface area (Å²) < 4.78 is 42.2. The summed E-state index contributed by atoms with van der Waals surface area (Å²) in [6.45, 7) is 3.34. The third-order valence-corrected chi connectivity index (χ3v) is 3.25. The second-order valence-corrected chi connectivity index (χ2v) is 4.28. The van der Waals surface area contributed by atoms with Crippen LogP contribution in [0, 0.1) is 0 Å². The number of carbonyl (C=O) groups is 1. The Labute approximate surface area is 96.9 Å². The highest BCUT2D eigenvalue weighted by Gasteiger charge is 2.43. The standard InChI is InChI=1S/C9H16F3NO2S/c1-3-6(13)8(9(10,11)12)16-5-7(14)15-4-2/h6,8H,3-5,13H2,1-2H3. The molecule has 96 valence electrons. The largest absolute Gasteiger partial charge is 0.465 e. The molecule has 16 heavy (non-hydrogen) atoms. The molecule has 0 saturated heterocycles. The van der Waals surface area contributed by atoms with Gasteiger partial charge in [0.25, 0.3) is 0 Å². The number of ether oxygens (including phenoxy) is 1. The quantitative estimate of drug-likeness (QED) is 0.741. The van der Waals surface area contributed by atoms with Crippen LogP contribution in [0.25, 0.3) is 0 Å². The molecule has 0 bridgehead atoms. The van der Waals surface area contributed by atoms with Crippen molar-refractivity contribution in [3.05, 3.63) is 0 Å². The van der Waals surface area contributed by atoms with Gasteiger partial charge >= 0.3 is 12.1 Å². The summed E-state index contributed by atoms with van der Waals surface area (Å²) in [5.41, 5.74) is 5.37. The van der Waals surface area contributed by atoms with E-state index in [1.807, 2.05) is 0 Å². The van der Waals surface area contributed by atoms with E-state index >= 15 is 0 Å². The van der Waals surface area contributed by atoms with Crippen molar-refractivity contribution in [1.29, 1.82) is 0 Å². The highest BCUT2D eigenvalue weighted by Crippen LogP contribution is 2.33. The van der Waals surface area contributed by atoms with Crippen LogP contribution in [0.15, 0.2) is 0 Å². The predicted molar refractivity (Wildman–Crippen MR) is 57.2 cm³/mol. The first kappa shape index (κ1) is 15.6. The Morgan fingerprint density at radius 3 is 2.38 bits per heavy atom. The number of thioether (sulfide) groups is 1. The Kier molecular flexibility index (Phi) is 6.82. The van der Waals surface area contributed by atoms with E-state index in [1.165, 1.54) is 0 Å². The van der Waals surface area contributed by atoms with Crippen LogP contribution < -0.4 is 5.73 Å². The molecule has 0 rings (SSSR count). The maximum Gasteiger partial charge on any atom is 0.402 e. The van der Waals surface area contributed by atoms with Crippen LogP contribution in [0.4, 0.5) is 13.2 Å². The molecule has 2 atom stereocenters. The van der Waals surface area contributed by atoms with Gasteiger partial charge in [0, 0.05) is 6.04 Å². The van der Waals surface area contributed by atoms with E-state index in [9.17, 15) is 18.0 Å². The van der Waals surface area contributed by atoms with Gasteiger partial charge in [-0.1, -0.05) is 6.92 Å². The third-order valence-electron chi connectivity index (χ3n) is 1.87. The van der Waals surface area contributed by atoms with E-state index in [2.05, 4.69) is 4.74 Å². The number of hydrogen-bond donors (Lipinski definition) is 1. The average Bonchev–Trinajstić information content (AvgIpc) is 2.16. The summed E-state index contributed by atoms with van der Waals surface area (Å²) >= 11 is 0.485. The molecule has 2 unspecified atom stereocenters. The van der Waals surface area contributed by atoms with Crippen molar-refractivity contribution < 1.29 is 22.7 Å². The SMILES string of the molecule is CCOC(=O)CSC(C(N)CC)C(F)(F)F. The van der Waals surface area contributed by atoms with Gasteiger partial charge in [0.05, 0.1) is 12.4 Å². The maximum absolute atomic E-state index is 12.5. The highest BCUT2D eigenvalue weighted by molar-refractivity contribution is 8.00. The first-order valence-corrected chi connectivity index (χ1v) is 5.97. The monoisotopic (exact) mass is 259 g/mol. The lowest BCUT2D eigenvalue weighted by Gasteiger charge is -2.24. The summed E-state index contributed by atoms with van der Waals surface area (Å²) in [6.07, 6.45) is -4.19. The Hall–Kier alpha value is -0.430. The van der Waals surface area contributed by atoms with Crippen LogP contribution in [-0.4, -0.2) is 35.8 Å². The minimum absolute atomic E-state index is 0.163. The summed E-state index contributed by atoms with van der Waals surface area (Å²) in [5.74, 6) is -0.976. The number of alkyl halides is 3. The number of hydrogen-bond acceptors (Lipinski definition) is 4. The van der Waals surface area contributed by atoms with E-state index in [0.29, 0.717) is 11.8 Å². The van der Waals surface area contributed by atoms with Crippen molar-refractivity contribution in [2.75, 3.05) is 12.4 Å². The highest BCUT2D eigenvalue weighted by atomic mass is 32.2. The van der Waals surface area contributed by atoms with E-state index in [4.69, 9.17) is 5.73 Å². The summed E-state index contributed by atoms with van der Waals surface area (Å²) in [6, 6.07) is -1.00. The van der Waals surface area contributed by atoms with Crippen molar-refractivity contribution >= 4 is 17.7 Å². The molecular weight excluding hydrogens is 243 g/mol. The second kappa shape index (κ2) is 7.01. The van der Waals surface area contributed by atoms with Gasteiger partial charge in [-0.2, -0.15) is 13.2 Å². The van der Waals surface area contributed by atoms with Crippen LogP contribution in [0.5, 0.6) is 0 Å². The van der Waals surface area contributed by atoms with Crippen LogP contribution in [0.2, 0.25) is 0 Å². The Morgan fingerprint density at radius 2 is 2.00 bits per heavy atom. The van der Waals surface area contributed by atoms with E-state index in [0.717, 1.165) is 0 Å². The van der Waals surface area contributed by atoms with Gasteiger partial charge in [-0.05, 0) is 13.3 Å². The van der Waals surface area contributed by atoms with Crippen LogP contribution in [0.3, 0.4) is 0 Å². The number of halogens is 3. The zero-order valence-electron chi connectivity index (χ0n) is 9.21. The van der Waals surface area contributed by atoms with Crippen molar-refractivity contribution in [3.63, 3.8) is 0 Å². The maximum atomic E-state index is 12.5. The molecule has 2 N–H and O–H groups in total. The molecule has 0 aromatic rings. The fourth-order valence-corrected chi connectivity index (χ4v) is 2.06. The molecule has 0 aliphatic carbocycles. The van der Waals surface area contributed by atoms with Crippen LogP contribution in [-0.2, 0) is 9.53 Å². The van der Waals surface area contributed by atoms with Crippen molar-refractivity contribution in [2.45, 2.75) is 37.7 Å². The number of rotatable bonds is 6. The Morgan fingerprint density at radius 1 is 1.44 bits per heavy atom.